The summed E-state index contributed by atoms with van der Waals surface area (Å²) in [6.07, 6.45) is 4.16. The molecule has 0 aromatic heterocycles. The number of nitrogens with zero attached hydrogens (tertiary/aromatic N) is 2. The molecule has 0 aromatic rings. The van der Waals surface area contributed by atoms with Crippen molar-refractivity contribution >= 4 is 11.9 Å². The minimum Gasteiger partial charge on any atom is -0.356 e. The fourth-order valence-electron chi connectivity index (χ4n) is 2.91. The van der Waals surface area contributed by atoms with Crippen LogP contribution in [0, 0.1) is 11.3 Å². The fourth-order valence-corrected chi connectivity index (χ4v) is 2.91. The van der Waals surface area contributed by atoms with E-state index in [1.807, 2.05) is 23.6 Å². The summed E-state index contributed by atoms with van der Waals surface area (Å²) in [6, 6.07) is 0.194. The zero-order valence-electron chi connectivity index (χ0n) is 15.7. The van der Waals surface area contributed by atoms with Crippen LogP contribution >= 0.6 is 0 Å². The highest BCUT2D eigenvalue weighted by molar-refractivity contribution is 5.77. The van der Waals surface area contributed by atoms with Gasteiger partial charge in [0.1, 0.15) is 0 Å². The second kappa shape index (κ2) is 9.14. The van der Waals surface area contributed by atoms with Gasteiger partial charge in [0.05, 0.1) is 0 Å². The maximum Gasteiger partial charge on any atom is 0.320 e. The number of carbonyl (C=O) groups is 2. The molecule has 1 N–H and O–H groups in total. The molecule has 1 saturated heterocycles. The summed E-state index contributed by atoms with van der Waals surface area (Å²) in [5.41, 5.74) is 0.0823. The van der Waals surface area contributed by atoms with E-state index in [9.17, 15) is 9.59 Å². The van der Waals surface area contributed by atoms with Crippen LogP contribution < -0.4 is 5.32 Å². The van der Waals surface area contributed by atoms with E-state index in [-0.39, 0.29) is 23.3 Å². The predicted molar refractivity (Wildman–Crippen MR) is 94.3 cm³/mol. The molecule has 0 unspecified atom stereocenters. The summed E-state index contributed by atoms with van der Waals surface area (Å²) in [6.45, 7) is 14.5. The number of carbonyl (C=O) groups excluding carboxylic acids is 2. The lowest BCUT2D eigenvalue weighted by Crippen LogP contribution is -2.38. The summed E-state index contributed by atoms with van der Waals surface area (Å²) in [4.78, 5) is 27.9. The van der Waals surface area contributed by atoms with Gasteiger partial charge in [-0.3, -0.25) is 4.79 Å². The van der Waals surface area contributed by atoms with Gasteiger partial charge in [-0.05, 0) is 24.7 Å². The Kier molecular flexibility index (Phi) is 7.86. The standard InChI is InChI=1S/C18H35N3O2/c1-6-7-11-20-12-13-21(17(20)23)14-18(4,5)9-8-10-19-16(22)15(2)3/h15H,6-14H2,1-5H3,(H,19,22). The second-order valence-corrected chi connectivity index (χ2v) is 7.76. The van der Waals surface area contributed by atoms with Crippen molar-refractivity contribution in [1.29, 1.82) is 0 Å². The van der Waals surface area contributed by atoms with Crippen molar-refractivity contribution in [2.45, 2.75) is 60.3 Å². The first-order valence-corrected chi connectivity index (χ1v) is 9.08. The van der Waals surface area contributed by atoms with Gasteiger partial charge < -0.3 is 15.1 Å². The van der Waals surface area contributed by atoms with Gasteiger partial charge >= 0.3 is 6.03 Å². The fraction of sp³-hybridized carbons (Fsp3) is 0.889. The third-order valence-electron chi connectivity index (χ3n) is 4.44. The lowest BCUT2D eigenvalue weighted by atomic mass is 9.87. The van der Waals surface area contributed by atoms with Gasteiger partial charge in [-0.2, -0.15) is 0 Å². The predicted octanol–water partition coefficient (Wildman–Crippen LogP) is 3.10. The van der Waals surface area contributed by atoms with Crippen molar-refractivity contribution in [3.05, 3.63) is 0 Å². The molecule has 5 nitrogen and oxygen atoms in total. The molecule has 0 bridgehead atoms. The van der Waals surface area contributed by atoms with Crippen molar-refractivity contribution in [2.24, 2.45) is 11.3 Å². The van der Waals surface area contributed by atoms with E-state index in [1.165, 1.54) is 0 Å². The van der Waals surface area contributed by atoms with Crippen LogP contribution in [-0.4, -0.2) is 54.5 Å². The van der Waals surface area contributed by atoms with E-state index >= 15 is 0 Å². The SMILES string of the molecule is CCCCN1CCN(CC(C)(C)CCCNC(=O)C(C)C)C1=O. The van der Waals surface area contributed by atoms with Crippen LogP contribution in [0.25, 0.3) is 0 Å². The smallest absolute Gasteiger partial charge is 0.320 e. The summed E-state index contributed by atoms with van der Waals surface area (Å²) in [5.74, 6) is 0.156. The minimum absolute atomic E-state index is 0.0411. The van der Waals surface area contributed by atoms with Gasteiger partial charge in [0.15, 0.2) is 0 Å². The molecule has 0 spiro atoms. The maximum atomic E-state index is 12.4. The molecule has 1 fully saturated rings. The molecule has 0 aromatic carbocycles. The number of unbranched alkanes of at least 4 members (excludes halogenated alkanes) is 1. The molecular weight excluding hydrogens is 290 g/mol. The first kappa shape index (κ1) is 19.8. The molecule has 1 rings (SSSR count). The average molecular weight is 325 g/mol. The highest BCUT2D eigenvalue weighted by atomic mass is 16.2. The summed E-state index contributed by atoms with van der Waals surface area (Å²) in [7, 11) is 0. The third-order valence-corrected chi connectivity index (χ3v) is 4.44. The Morgan fingerprint density at radius 3 is 2.48 bits per heavy atom. The molecule has 1 heterocycles. The summed E-state index contributed by atoms with van der Waals surface area (Å²) in [5, 5.41) is 2.96. The quantitative estimate of drug-likeness (QED) is 0.628. The van der Waals surface area contributed by atoms with Crippen molar-refractivity contribution in [3.8, 4) is 0 Å². The first-order valence-electron chi connectivity index (χ1n) is 9.08. The van der Waals surface area contributed by atoms with Crippen LogP contribution in [0.15, 0.2) is 0 Å². The molecule has 0 aliphatic carbocycles. The Morgan fingerprint density at radius 2 is 1.87 bits per heavy atom. The van der Waals surface area contributed by atoms with E-state index in [2.05, 4.69) is 26.1 Å². The number of rotatable bonds is 10. The zero-order valence-corrected chi connectivity index (χ0v) is 15.7. The van der Waals surface area contributed by atoms with Gasteiger partial charge in [-0.25, -0.2) is 4.79 Å². The normalized spacial score (nSPS) is 15.7. The number of nitrogens with one attached hydrogen (secondary N) is 1. The lowest BCUT2D eigenvalue weighted by molar-refractivity contribution is -0.124. The molecule has 5 heteroatoms. The van der Waals surface area contributed by atoms with Crippen LogP contribution in [-0.2, 0) is 4.79 Å². The van der Waals surface area contributed by atoms with Crippen molar-refractivity contribution in [3.63, 3.8) is 0 Å². The summed E-state index contributed by atoms with van der Waals surface area (Å²) < 4.78 is 0. The van der Waals surface area contributed by atoms with Crippen LogP contribution in [0.3, 0.4) is 0 Å². The lowest BCUT2D eigenvalue weighted by Gasteiger charge is -2.30. The van der Waals surface area contributed by atoms with Crippen molar-refractivity contribution in [1.82, 2.24) is 15.1 Å². The average Bonchev–Trinajstić information content (AvgIpc) is 2.81. The van der Waals surface area contributed by atoms with Crippen LogP contribution in [0.4, 0.5) is 4.79 Å². The molecule has 134 valence electrons. The topological polar surface area (TPSA) is 52.6 Å². The Bertz CT molecular complexity index is 394. The van der Waals surface area contributed by atoms with Crippen LogP contribution in [0.1, 0.15) is 60.3 Å². The van der Waals surface area contributed by atoms with Crippen LogP contribution in [0.5, 0.6) is 0 Å². The largest absolute Gasteiger partial charge is 0.356 e. The maximum absolute atomic E-state index is 12.4. The van der Waals surface area contributed by atoms with Gasteiger partial charge in [0.25, 0.3) is 0 Å². The molecule has 0 atom stereocenters. The number of urea groups is 1. The first-order chi connectivity index (χ1) is 10.8. The number of amides is 3. The van der Waals surface area contributed by atoms with E-state index in [4.69, 9.17) is 0 Å². The van der Waals surface area contributed by atoms with Gasteiger partial charge in [0.2, 0.25) is 5.91 Å². The van der Waals surface area contributed by atoms with Gasteiger partial charge in [-0.15, -0.1) is 0 Å². The highest BCUT2D eigenvalue weighted by Gasteiger charge is 2.32. The molecule has 1 aliphatic rings. The number of hydrogen-bond acceptors (Lipinski definition) is 2. The Hall–Kier alpha value is -1.26. The van der Waals surface area contributed by atoms with Gasteiger partial charge in [-0.1, -0.05) is 41.0 Å². The minimum atomic E-state index is 0.0411. The van der Waals surface area contributed by atoms with Crippen LogP contribution in [0.2, 0.25) is 0 Å². The van der Waals surface area contributed by atoms with Crippen molar-refractivity contribution in [2.75, 3.05) is 32.7 Å². The zero-order chi connectivity index (χ0) is 17.5. The molecular formula is C18H35N3O2. The Morgan fingerprint density at radius 1 is 1.22 bits per heavy atom. The van der Waals surface area contributed by atoms with E-state index in [0.717, 1.165) is 58.4 Å². The highest BCUT2D eigenvalue weighted by Crippen LogP contribution is 2.25. The monoisotopic (exact) mass is 325 g/mol. The van der Waals surface area contributed by atoms with E-state index < -0.39 is 0 Å². The second-order valence-electron chi connectivity index (χ2n) is 7.76. The Labute approximate surface area is 141 Å². The van der Waals surface area contributed by atoms with Crippen molar-refractivity contribution < 1.29 is 9.59 Å². The molecule has 23 heavy (non-hydrogen) atoms. The third kappa shape index (κ3) is 6.80. The molecule has 1 aliphatic heterocycles. The van der Waals surface area contributed by atoms with E-state index in [0.29, 0.717) is 0 Å². The number of hydrogen-bond donors (Lipinski definition) is 1. The molecule has 0 radical (unpaired) electrons. The Balaban J connectivity index is 2.32. The molecule has 3 amide bonds. The molecule has 0 saturated carbocycles. The summed E-state index contributed by atoms with van der Waals surface area (Å²) >= 11 is 0. The van der Waals surface area contributed by atoms with Gasteiger partial charge in [0, 0.05) is 38.6 Å². The van der Waals surface area contributed by atoms with E-state index in [1.54, 1.807) is 0 Å².